The first-order chi connectivity index (χ1) is 12.1. The number of fused-ring (bicyclic) bond motifs is 1. The lowest BCUT2D eigenvalue weighted by Gasteiger charge is -2.25. The molecule has 0 bridgehead atoms. The summed E-state index contributed by atoms with van der Waals surface area (Å²) in [4.78, 5) is 16.9. The van der Waals surface area contributed by atoms with Crippen LogP contribution in [-0.2, 0) is 6.42 Å². The summed E-state index contributed by atoms with van der Waals surface area (Å²) < 4.78 is 11.2. The van der Waals surface area contributed by atoms with Gasteiger partial charge in [0.2, 0.25) is 0 Å². The third kappa shape index (κ3) is 4.66. The van der Waals surface area contributed by atoms with Crippen LogP contribution in [0.5, 0.6) is 11.5 Å². The van der Waals surface area contributed by atoms with Crippen molar-refractivity contribution in [3.8, 4) is 11.5 Å². The number of amides is 1. The molecule has 1 aromatic heterocycles. The minimum Gasteiger partial charge on any atom is -0.486 e. The van der Waals surface area contributed by atoms with Gasteiger partial charge in [-0.1, -0.05) is 19.9 Å². The molecule has 8 heteroatoms. The Morgan fingerprint density at radius 3 is 2.73 bits per heavy atom. The molecule has 1 aliphatic rings. The van der Waals surface area contributed by atoms with Gasteiger partial charge in [0.05, 0.1) is 11.0 Å². The van der Waals surface area contributed by atoms with Gasteiger partial charge in [-0.2, -0.15) is 0 Å². The Balaban J connectivity index is 0.00000243. The number of aromatic nitrogens is 1. The summed E-state index contributed by atoms with van der Waals surface area (Å²) in [7, 11) is 0. The van der Waals surface area contributed by atoms with Crippen LogP contribution in [-0.4, -0.2) is 30.6 Å². The number of thiazole rings is 1. The maximum atomic E-state index is 12.6. The minimum atomic E-state index is -0.173. The number of rotatable bonds is 6. The van der Waals surface area contributed by atoms with Gasteiger partial charge in [-0.15, -0.1) is 23.7 Å². The molecule has 1 aliphatic heterocycles. The van der Waals surface area contributed by atoms with Crippen LogP contribution in [0, 0.1) is 5.92 Å². The van der Waals surface area contributed by atoms with Crippen molar-refractivity contribution in [1.29, 1.82) is 0 Å². The molecule has 26 heavy (non-hydrogen) atoms. The van der Waals surface area contributed by atoms with Gasteiger partial charge in [-0.25, -0.2) is 4.98 Å². The van der Waals surface area contributed by atoms with Crippen LogP contribution < -0.4 is 20.5 Å². The Bertz CT molecular complexity index is 751. The highest BCUT2D eigenvalue weighted by Gasteiger charge is 2.23. The van der Waals surface area contributed by atoms with Crippen molar-refractivity contribution in [2.24, 2.45) is 11.7 Å². The highest BCUT2D eigenvalue weighted by Crippen LogP contribution is 2.34. The Hall–Kier alpha value is -1.83. The van der Waals surface area contributed by atoms with Crippen molar-refractivity contribution in [2.75, 3.05) is 19.8 Å². The number of nitrogens with zero attached hydrogens (tertiary/aromatic N) is 1. The number of nitrogens with two attached hydrogens (primary N) is 1. The zero-order valence-electron chi connectivity index (χ0n) is 14.9. The van der Waals surface area contributed by atoms with Crippen molar-refractivity contribution < 1.29 is 14.3 Å². The van der Waals surface area contributed by atoms with Crippen LogP contribution in [0.2, 0.25) is 0 Å². The Labute approximate surface area is 163 Å². The summed E-state index contributed by atoms with van der Waals surface area (Å²) in [6.07, 6.45) is 0.688. The SMILES string of the molecule is CC(C)C(NC(=O)c1csc(CCN)n1)c1ccc2c(c1)OCCO2.Cl. The highest BCUT2D eigenvalue weighted by molar-refractivity contribution is 7.09. The van der Waals surface area contributed by atoms with Gasteiger partial charge < -0.3 is 20.5 Å². The van der Waals surface area contributed by atoms with Crippen LogP contribution in [0.1, 0.15) is 40.9 Å². The summed E-state index contributed by atoms with van der Waals surface area (Å²) in [5.74, 6) is 1.51. The molecule has 0 saturated carbocycles. The van der Waals surface area contributed by atoms with Crippen molar-refractivity contribution in [1.82, 2.24) is 10.3 Å². The predicted molar refractivity (Wildman–Crippen MR) is 105 cm³/mol. The third-order valence-electron chi connectivity index (χ3n) is 4.02. The van der Waals surface area contributed by atoms with Crippen LogP contribution in [0.3, 0.4) is 0 Å². The van der Waals surface area contributed by atoms with Gasteiger partial charge in [0.1, 0.15) is 18.9 Å². The largest absolute Gasteiger partial charge is 0.486 e. The van der Waals surface area contributed by atoms with E-state index in [2.05, 4.69) is 24.1 Å². The molecule has 3 N–H and O–H groups in total. The van der Waals surface area contributed by atoms with Crippen LogP contribution in [0.15, 0.2) is 23.6 Å². The van der Waals surface area contributed by atoms with Gasteiger partial charge in [0, 0.05) is 11.8 Å². The van der Waals surface area contributed by atoms with E-state index >= 15 is 0 Å². The molecular weight excluding hydrogens is 374 g/mol. The van der Waals surface area contributed by atoms with E-state index in [1.807, 2.05) is 18.2 Å². The number of halogens is 1. The standard InChI is InChI=1S/C18H23N3O3S.ClH/c1-11(2)17(12-3-4-14-15(9-12)24-8-7-23-14)21-18(22)13-10-25-16(20-13)5-6-19;/h3-4,9-11,17H,5-8,19H2,1-2H3,(H,21,22);1H. The first kappa shape index (κ1) is 20.5. The van der Waals surface area contributed by atoms with E-state index in [1.54, 1.807) is 5.38 Å². The van der Waals surface area contributed by atoms with E-state index in [0.29, 0.717) is 31.9 Å². The molecule has 1 unspecified atom stereocenters. The summed E-state index contributed by atoms with van der Waals surface area (Å²) in [5, 5.41) is 5.75. The molecular formula is C18H24ClN3O3S. The van der Waals surface area contributed by atoms with Gasteiger partial charge in [-0.05, 0) is 30.2 Å². The highest BCUT2D eigenvalue weighted by atomic mass is 35.5. The molecule has 0 spiro atoms. The fourth-order valence-electron chi connectivity index (χ4n) is 2.76. The normalized spacial score (nSPS) is 13.8. The smallest absolute Gasteiger partial charge is 0.271 e. The van der Waals surface area contributed by atoms with E-state index < -0.39 is 0 Å². The zero-order valence-corrected chi connectivity index (χ0v) is 16.5. The molecule has 3 rings (SSSR count). The summed E-state index contributed by atoms with van der Waals surface area (Å²) in [6, 6.07) is 5.68. The van der Waals surface area contributed by atoms with Crippen molar-refractivity contribution in [3.05, 3.63) is 39.8 Å². The number of ether oxygens (including phenoxy) is 2. The van der Waals surface area contributed by atoms with E-state index in [4.69, 9.17) is 15.2 Å². The number of hydrogen-bond acceptors (Lipinski definition) is 6. The Kier molecular flexibility index (Phi) is 7.25. The van der Waals surface area contributed by atoms with Crippen molar-refractivity contribution in [3.63, 3.8) is 0 Å². The maximum absolute atomic E-state index is 12.6. The molecule has 0 radical (unpaired) electrons. The molecule has 0 aliphatic carbocycles. The molecule has 2 heterocycles. The number of hydrogen-bond donors (Lipinski definition) is 2. The number of carbonyl (C=O) groups is 1. The summed E-state index contributed by atoms with van der Waals surface area (Å²) in [6.45, 7) is 5.77. The van der Waals surface area contributed by atoms with E-state index in [1.165, 1.54) is 11.3 Å². The van der Waals surface area contributed by atoms with Gasteiger partial charge in [0.25, 0.3) is 5.91 Å². The third-order valence-corrected chi connectivity index (χ3v) is 4.93. The first-order valence-corrected chi connectivity index (χ1v) is 9.31. The van der Waals surface area contributed by atoms with Crippen molar-refractivity contribution >= 4 is 29.7 Å². The molecule has 1 atom stereocenters. The quantitative estimate of drug-likeness (QED) is 0.782. The van der Waals surface area contributed by atoms with Crippen LogP contribution in [0.25, 0.3) is 0 Å². The molecule has 0 fully saturated rings. The second-order valence-corrected chi connectivity index (χ2v) is 7.21. The second-order valence-electron chi connectivity index (χ2n) is 6.26. The molecule has 2 aromatic rings. The van der Waals surface area contributed by atoms with E-state index in [-0.39, 0.29) is 30.3 Å². The number of benzene rings is 1. The van der Waals surface area contributed by atoms with Crippen LogP contribution >= 0.6 is 23.7 Å². The fraction of sp³-hybridized carbons (Fsp3) is 0.444. The van der Waals surface area contributed by atoms with Crippen LogP contribution in [0.4, 0.5) is 0 Å². The second kappa shape index (κ2) is 9.21. The lowest BCUT2D eigenvalue weighted by Crippen LogP contribution is -2.32. The molecule has 6 nitrogen and oxygen atoms in total. The topological polar surface area (TPSA) is 86.5 Å². The average Bonchev–Trinajstić information content (AvgIpc) is 3.08. The predicted octanol–water partition coefficient (Wildman–Crippen LogP) is 2.96. The summed E-state index contributed by atoms with van der Waals surface area (Å²) >= 11 is 1.46. The number of nitrogens with one attached hydrogen (secondary N) is 1. The monoisotopic (exact) mass is 397 g/mol. The zero-order chi connectivity index (χ0) is 17.8. The minimum absolute atomic E-state index is 0. The van der Waals surface area contributed by atoms with Gasteiger partial charge in [-0.3, -0.25) is 4.79 Å². The fourth-order valence-corrected chi connectivity index (χ4v) is 3.55. The maximum Gasteiger partial charge on any atom is 0.271 e. The average molecular weight is 398 g/mol. The van der Waals surface area contributed by atoms with Gasteiger partial charge >= 0.3 is 0 Å². The molecule has 142 valence electrons. The molecule has 1 amide bonds. The Morgan fingerprint density at radius 1 is 1.31 bits per heavy atom. The lowest BCUT2D eigenvalue weighted by atomic mass is 9.95. The van der Waals surface area contributed by atoms with E-state index in [0.717, 1.165) is 22.1 Å². The van der Waals surface area contributed by atoms with Gasteiger partial charge in [0.15, 0.2) is 11.5 Å². The number of carbonyl (C=O) groups excluding carboxylic acids is 1. The lowest BCUT2D eigenvalue weighted by molar-refractivity contribution is 0.0920. The summed E-state index contributed by atoms with van der Waals surface area (Å²) in [5.41, 5.74) is 6.97. The Morgan fingerprint density at radius 2 is 2.04 bits per heavy atom. The first-order valence-electron chi connectivity index (χ1n) is 8.43. The van der Waals surface area contributed by atoms with Crippen molar-refractivity contribution in [2.45, 2.75) is 26.3 Å². The molecule has 1 aromatic carbocycles. The molecule has 0 saturated heterocycles. The van der Waals surface area contributed by atoms with E-state index in [9.17, 15) is 4.79 Å².